The molecule has 0 radical (unpaired) electrons. The van der Waals surface area contributed by atoms with E-state index in [0.29, 0.717) is 12.0 Å². The van der Waals surface area contributed by atoms with Crippen LogP contribution < -0.4 is 5.32 Å². The highest BCUT2D eigenvalue weighted by Gasteiger charge is 2.24. The smallest absolute Gasteiger partial charge is 0.0418 e. The van der Waals surface area contributed by atoms with Crippen molar-refractivity contribution in [2.45, 2.75) is 37.6 Å². The molecule has 1 aromatic heterocycles. The van der Waals surface area contributed by atoms with E-state index in [1.165, 1.54) is 35.0 Å². The molecule has 3 heteroatoms. The maximum atomic E-state index is 3.56. The fourth-order valence-electron chi connectivity index (χ4n) is 3.27. The minimum atomic E-state index is 0.461. The third-order valence-corrected chi connectivity index (χ3v) is 6.10. The minimum absolute atomic E-state index is 0.461. The molecule has 0 fully saturated rings. The molecule has 0 amide bonds. The lowest BCUT2D eigenvalue weighted by Gasteiger charge is -2.28. The summed E-state index contributed by atoms with van der Waals surface area (Å²) in [5.41, 5.74) is 3.14. The van der Waals surface area contributed by atoms with Crippen LogP contribution >= 0.6 is 27.3 Å². The van der Waals surface area contributed by atoms with Crippen LogP contribution in [0, 0.1) is 0 Å². The SMILES string of the molecule is CNC(CC1CCCc2ccccc21)c1cc(Br)cs1. The highest BCUT2D eigenvalue weighted by molar-refractivity contribution is 9.10. The van der Waals surface area contributed by atoms with Gasteiger partial charge in [-0.3, -0.25) is 0 Å². The molecule has 1 aromatic carbocycles. The Morgan fingerprint density at radius 3 is 3.00 bits per heavy atom. The van der Waals surface area contributed by atoms with Gasteiger partial charge in [-0.25, -0.2) is 0 Å². The molecule has 0 aliphatic heterocycles. The predicted octanol–water partition coefficient (Wildman–Crippen LogP) is 5.28. The number of nitrogens with one attached hydrogen (secondary N) is 1. The van der Waals surface area contributed by atoms with Gasteiger partial charge >= 0.3 is 0 Å². The molecule has 1 heterocycles. The van der Waals surface area contributed by atoms with Gasteiger partial charge in [0.25, 0.3) is 0 Å². The van der Waals surface area contributed by atoms with Crippen molar-refractivity contribution in [1.82, 2.24) is 5.32 Å². The minimum Gasteiger partial charge on any atom is -0.312 e. The Morgan fingerprint density at radius 2 is 2.25 bits per heavy atom. The number of aryl methyl sites for hydroxylation is 1. The van der Waals surface area contributed by atoms with Crippen LogP contribution in [-0.2, 0) is 6.42 Å². The van der Waals surface area contributed by atoms with Crippen molar-refractivity contribution in [2.75, 3.05) is 7.05 Å². The summed E-state index contributed by atoms with van der Waals surface area (Å²) in [7, 11) is 2.08. The fourth-order valence-corrected chi connectivity index (χ4v) is 4.84. The van der Waals surface area contributed by atoms with Gasteiger partial charge in [-0.1, -0.05) is 24.3 Å². The molecule has 2 atom stereocenters. The molecule has 0 saturated heterocycles. The van der Waals surface area contributed by atoms with Gasteiger partial charge in [0, 0.05) is 20.8 Å². The first-order valence-corrected chi connectivity index (χ1v) is 8.94. The Hall–Kier alpha value is -0.640. The second-order valence-corrected chi connectivity index (χ2v) is 7.39. The van der Waals surface area contributed by atoms with E-state index in [2.05, 4.69) is 64.0 Å². The lowest BCUT2D eigenvalue weighted by molar-refractivity contribution is 0.444. The van der Waals surface area contributed by atoms with Crippen LogP contribution in [0.3, 0.4) is 0 Å². The average Bonchev–Trinajstić information content (AvgIpc) is 2.91. The van der Waals surface area contributed by atoms with Crippen LogP contribution in [0.1, 0.15) is 47.2 Å². The van der Waals surface area contributed by atoms with Gasteiger partial charge in [-0.2, -0.15) is 0 Å². The first kappa shape index (κ1) is 14.3. The van der Waals surface area contributed by atoms with Gasteiger partial charge in [0.15, 0.2) is 0 Å². The molecule has 2 unspecified atom stereocenters. The van der Waals surface area contributed by atoms with Crippen LogP contribution in [0.25, 0.3) is 0 Å². The van der Waals surface area contributed by atoms with Crippen LogP contribution in [0.5, 0.6) is 0 Å². The standard InChI is InChI=1S/C17H20BrNS/c1-19-16(17-10-14(18)11-20-17)9-13-7-4-6-12-5-2-3-8-15(12)13/h2-3,5,8,10-11,13,16,19H,4,6-7,9H2,1H3. The molecule has 2 aromatic rings. The number of hydrogen-bond acceptors (Lipinski definition) is 2. The van der Waals surface area contributed by atoms with Crippen molar-refractivity contribution in [3.05, 3.63) is 56.2 Å². The zero-order chi connectivity index (χ0) is 13.9. The van der Waals surface area contributed by atoms with E-state index in [9.17, 15) is 0 Å². The second kappa shape index (κ2) is 6.42. The maximum absolute atomic E-state index is 3.56. The van der Waals surface area contributed by atoms with E-state index in [0.717, 1.165) is 0 Å². The molecule has 0 bridgehead atoms. The van der Waals surface area contributed by atoms with E-state index in [-0.39, 0.29) is 0 Å². The van der Waals surface area contributed by atoms with E-state index >= 15 is 0 Å². The number of thiophene rings is 1. The Morgan fingerprint density at radius 1 is 1.40 bits per heavy atom. The number of fused-ring (bicyclic) bond motifs is 1. The van der Waals surface area contributed by atoms with Crippen LogP contribution in [0.15, 0.2) is 40.2 Å². The van der Waals surface area contributed by atoms with Gasteiger partial charge in [0.2, 0.25) is 0 Å². The maximum Gasteiger partial charge on any atom is 0.0418 e. The third kappa shape index (κ3) is 3.00. The molecule has 0 saturated carbocycles. The van der Waals surface area contributed by atoms with Crippen LogP contribution in [0.4, 0.5) is 0 Å². The van der Waals surface area contributed by atoms with Gasteiger partial charge in [-0.15, -0.1) is 11.3 Å². The van der Waals surface area contributed by atoms with E-state index in [1.807, 2.05) is 11.3 Å². The van der Waals surface area contributed by atoms with Gasteiger partial charge in [0.05, 0.1) is 0 Å². The molecule has 20 heavy (non-hydrogen) atoms. The van der Waals surface area contributed by atoms with Crippen molar-refractivity contribution in [3.63, 3.8) is 0 Å². The first-order valence-electron chi connectivity index (χ1n) is 7.27. The van der Waals surface area contributed by atoms with Crippen LogP contribution in [0.2, 0.25) is 0 Å². The van der Waals surface area contributed by atoms with E-state index in [4.69, 9.17) is 0 Å². The summed E-state index contributed by atoms with van der Waals surface area (Å²) in [6.45, 7) is 0. The van der Waals surface area contributed by atoms with Crippen molar-refractivity contribution >= 4 is 27.3 Å². The summed E-state index contributed by atoms with van der Waals surface area (Å²) in [6, 6.07) is 11.7. The van der Waals surface area contributed by atoms with Crippen molar-refractivity contribution < 1.29 is 0 Å². The Bertz CT molecular complexity index is 578. The topological polar surface area (TPSA) is 12.0 Å². The molecular weight excluding hydrogens is 330 g/mol. The van der Waals surface area contributed by atoms with Crippen molar-refractivity contribution in [2.24, 2.45) is 0 Å². The van der Waals surface area contributed by atoms with Gasteiger partial charge < -0.3 is 5.32 Å². The molecule has 1 aliphatic rings. The lowest BCUT2D eigenvalue weighted by Crippen LogP contribution is -2.20. The van der Waals surface area contributed by atoms with Crippen LogP contribution in [-0.4, -0.2) is 7.05 Å². The number of hydrogen-bond donors (Lipinski definition) is 1. The quantitative estimate of drug-likeness (QED) is 0.791. The number of benzene rings is 1. The number of halogens is 1. The van der Waals surface area contributed by atoms with E-state index in [1.54, 1.807) is 11.1 Å². The van der Waals surface area contributed by atoms with Gasteiger partial charge in [-0.05, 0) is 71.8 Å². The fraction of sp³-hybridized carbons (Fsp3) is 0.412. The lowest BCUT2D eigenvalue weighted by atomic mass is 9.79. The third-order valence-electron chi connectivity index (χ3n) is 4.29. The molecule has 1 N–H and O–H groups in total. The van der Waals surface area contributed by atoms with Gasteiger partial charge in [0.1, 0.15) is 0 Å². The van der Waals surface area contributed by atoms with E-state index < -0.39 is 0 Å². The summed E-state index contributed by atoms with van der Waals surface area (Å²) >= 11 is 5.41. The molecule has 0 spiro atoms. The summed E-state index contributed by atoms with van der Waals surface area (Å²) in [4.78, 5) is 1.43. The monoisotopic (exact) mass is 349 g/mol. The first-order chi connectivity index (χ1) is 9.78. The largest absolute Gasteiger partial charge is 0.312 e. The predicted molar refractivity (Wildman–Crippen MR) is 90.6 cm³/mol. The summed E-state index contributed by atoms with van der Waals surface area (Å²) in [5.74, 6) is 0.693. The molecule has 1 aliphatic carbocycles. The molecule has 106 valence electrons. The Labute approximate surface area is 133 Å². The molecule has 1 nitrogen and oxygen atoms in total. The highest BCUT2D eigenvalue weighted by Crippen LogP contribution is 2.39. The Balaban J connectivity index is 1.80. The normalized spacial score (nSPS) is 19.6. The zero-order valence-corrected chi connectivity index (χ0v) is 14.1. The summed E-state index contributed by atoms with van der Waals surface area (Å²) in [6.07, 6.45) is 5.09. The second-order valence-electron chi connectivity index (χ2n) is 5.53. The molecular formula is C17H20BrNS. The van der Waals surface area contributed by atoms with Crippen molar-refractivity contribution in [3.8, 4) is 0 Å². The number of rotatable bonds is 4. The molecule has 3 rings (SSSR count). The Kier molecular flexibility index (Phi) is 4.59. The zero-order valence-electron chi connectivity index (χ0n) is 11.7. The van der Waals surface area contributed by atoms with Crippen molar-refractivity contribution in [1.29, 1.82) is 0 Å². The summed E-state index contributed by atoms with van der Waals surface area (Å²) in [5, 5.41) is 5.67. The average molecular weight is 350 g/mol. The summed E-state index contributed by atoms with van der Waals surface area (Å²) < 4.78 is 1.20. The highest BCUT2D eigenvalue weighted by atomic mass is 79.9.